The highest BCUT2D eigenvalue weighted by atomic mass is 35.5. The number of aryl methyl sites for hydroxylation is 1. The molecule has 0 aromatic carbocycles. The van der Waals surface area contributed by atoms with Gasteiger partial charge in [0.1, 0.15) is 0 Å². The number of alkyl halides is 1. The largest absolute Gasteiger partial charge is 0.351 e. The van der Waals surface area contributed by atoms with Crippen LogP contribution in [0.5, 0.6) is 0 Å². The van der Waals surface area contributed by atoms with E-state index in [9.17, 15) is 4.79 Å². The van der Waals surface area contributed by atoms with Crippen molar-refractivity contribution in [3.63, 3.8) is 0 Å². The molecule has 0 atom stereocenters. The maximum atomic E-state index is 12.2. The zero-order chi connectivity index (χ0) is 13.3. The van der Waals surface area contributed by atoms with Gasteiger partial charge in [-0.05, 0) is 48.5 Å². The minimum atomic E-state index is 0.102. The highest BCUT2D eigenvalue weighted by molar-refractivity contribution is 7.98. The fraction of sp³-hybridized carbons (Fsp3) is 0.643. The molecule has 2 nitrogen and oxygen atoms in total. The predicted octanol–water partition coefficient (Wildman–Crippen LogP) is 3.68. The molecule has 19 heavy (non-hydrogen) atoms. The molecule has 0 unspecified atom stereocenters. The van der Waals surface area contributed by atoms with Crippen LogP contribution in [0, 0.1) is 5.41 Å². The van der Waals surface area contributed by atoms with Crippen LogP contribution >= 0.6 is 34.7 Å². The third kappa shape index (κ3) is 3.11. The molecule has 2 aliphatic rings. The molecule has 1 aromatic rings. The zero-order valence-electron chi connectivity index (χ0n) is 10.8. The molecule has 1 amide bonds. The van der Waals surface area contributed by atoms with Crippen LogP contribution in [0.4, 0.5) is 0 Å². The van der Waals surface area contributed by atoms with E-state index in [0.29, 0.717) is 11.3 Å². The summed E-state index contributed by atoms with van der Waals surface area (Å²) in [5, 5.41) is 3.10. The van der Waals surface area contributed by atoms with E-state index in [1.54, 1.807) is 11.3 Å². The number of nitrogens with one attached hydrogen (secondary N) is 1. The highest BCUT2D eigenvalue weighted by Gasteiger charge is 2.41. The van der Waals surface area contributed by atoms with Gasteiger partial charge >= 0.3 is 0 Å². The van der Waals surface area contributed by atoms with Gasteiger partial charge in [0.2, 0.25) is 0 Å². The van der Waals surface area contributed by atoms with Crippen LogP contribution in [0.3, 0.4) is 0 Å². The van der Waals surface area contributed by atoms with Gasteiger partial charge in [-0.25, -0.2) is 0 Å². The van der Waals surface area contributed by atoms with Gasteiger partial charge in [0.25, 0.3) is 5.91 Å². The summed E-state index contributed by atoms with van der Waals surface area (Å²) in [4.78, 5) is 14.5. The lowest BCUT2D eigenvalue weighted by Gasteiger charge is -2.13. The molecule has 5 heteroatoms. The van der Waals surface area contributed by atoms with Crippen molar-refractivity contribution in [2.75, 3.05) is 18.2 Å². The van der Waals surface area contributed by atoms with Crippen molar-refractivity contribution in [3.05, 3.63) is 21.4 Å². The van der Waals surface area contributed by atoms with Gasteiger partial charge in [-0.3, -0.25) is 4.79 Å². The van der Waals surface area contributed by atoms with Gasteiger partial charge in [-0.1, -0.05) is 0 Å². The molecule has 2 heterocycles. The third-order valence-corrected chi connectivity index (χ3v) is 6.49. The third-order valence-electron chi connectivity index (χ3n) is 4.06. The first kappa shape index (κ1) is 13.8. The monoisotopic (exact) mass is 315 g/mol. The number of thioether (sulfide) groups is 1. The van der Waals surface area contributed by atoms with Gasteiger partial charge < -0.3 is 5.32 Å². The van der Waals surface area contributed by atoms with E-state index in [1.807, 2.05) is 11.8 Å². The SMILES string of the molecule is O=C(NCC1(CCCl)CC1)c1cc2c(s1)CCSC2. The molecule has 0 bridgehead atoms. The first-order valence-electron chi connectivity index (χ1n) is 6.76. The Morgan fingerprint density at radius 1 is 1.47 bits per heavy atom. The number of hydrogen-bond donors (Lipinski definition) is 1. The Bertz CT molecular complexity index is 458. The van der Waals surface area contributed by atoms with Gasteiger partial charge in [-0.2, -0.15) is 11.8 Å². The van der Waals surface area contributed by atoms with Gasteiger partial charge in [-0.15, -0.1) is 22.9 Å². The summed E-state index contributed by atoms with van der Waals surface area (Å²) in [5.41, 5.74) is 1.68. The molecular weight excluding hydrogens is 298 g/mol. The van der Waals surface area contributed by atoms with Crippen LogP contribution in [-0.4, -0.2) is 24.1 Å². The summed E-state index contributed by atoms with van der Waals surface area (Å²) in [6.45, 7) is 0.788. The summed E-state index contributed by atoms with van der Waals surface area (Å²) in [5.74, 6) is 3.05. The van der Waals surface area contributed by atoms with Crippen molar-refractivity contribution in [2.45, 2.75) is 31.4 Å². The first-order valence-corrected chi connectivity index (χ1v) is 9.26. The maximum absolute atomic E-state index is 12.2. The van der Waals surface area contributed by atoms with Crippen LogP contribution in [0.25, 0.3) is 0 Å². The number of carbonyl (C=O) groups excluding carboxylic acids is 1. The highest BCUT2D eigenvalue weighted by Crippen LogP contribution is 2.48. The summed E-state index contributed by atoms with van der Waals surface area (Å²) in [6, 6.07) is 2.09. The summed E-state index contributed by atoms with van der Waals surface area (Å²) >= 11 is 9.45. The Morgan fingerprint density at radius 3 is 3.00 bits per heavy atom. The number of amides is 1. The molecule has 1 aliphatic heterocycles. The van der Waals surface area contributed by atoms with Gasteiger partial charge in [0.05, 0.1) is 4.88 Å². The second-order valence-electron chi connectivity index (χ2n) is 5.48. The van der Waals surface area contributed by atoms with E-state index in [0.717, 1.165) is 30.0 Å². The van der Waals surface area contributed by atoms with Crippen LogP contribution < -0.4 is 5.32 Å². The lowest BCUT2D eigenvalue weighted by molar-refractivity contribution is 0.0948. The fourth-order valence-electron chi connectivity index (χ4n) is 2.51. The Labute approximate surface area is 127 Å². The van der Waals surface area contributed by atoms with E-state index >= 15 is 0 Å². The number of hydrogen-bond acceptors (Lipinski definition) is 3. The molecule has 0 spiro atoms. The van der Waals surface area contributed by atoms with E-state index < -0.39 is 0 Å². The van der Waals surface area contributed by atoms with Gasteiger partial charge in [0.15, 0.2) is 0 Å². The molecule has 0 saturated heterocycles. The average molecular weight is 316 g/mol. The Kier molecular flexibility index (Phi) is 4.11. The summed E-state index contributed by atoms with van der Waals surface area (Å²) in [7, 11) is 0. The van der Waals surface area contributed by atoms with Crippen LogP contribution in [-0.2, 0) is 12.2 Å². The minimum Gasteiger partial charge on any atom is -0.351 e. The number of fused-ring (bicyclic) bond motifs is 1. The summed E-state index contributed by atoms with van der Waals surface area (Å²) < 4.78 is 0. The van der Waals surface area contributed by atoms with Crippen LogP contribution in [0.15, 0.2) is 6.07 Å². The Hall–Kier alpha value is -0.190. The van der Waals surface area contributed by atoms with Crippen molar-refractivity contribution in [2.24, 2.45) is 5.41 Å². The second kappa shape index (κ2) is 5.66. The van der Waals surface area contributed by atoms with Crippen LogP contribution in [0.2, 0.25) is 0 Å². The molecule has 1 N–H and O–H groups in total. The molecule has 1 fully saturated rings. The van der Waals surface area contributed by atoms with Crippen LogP contribution in [0.1, 0.15) is 39.4 Å². The standard InChI is InChI=1S/C14H18ClNOS2/c15-5-4-14(2-3-14)9-16-13(17)12-7-10-8-18-6-1-11(10)19-12/h7H,1-6,8-9H2,(H,16,17). The quantitative estimate of drug-likeness (QED) is 0.840. The predicted molar refractivity (Wildman–Crippen MR) is 83.5 cm³/mol. The molecular formula is C14H18ClNOS2. The number of halogens is 1. The molecule has 3 rings (SSSR count). The topological polar surface area (TPSA) is 29.1 Å². The average Bonchev–Trinajstić information content (AvgIpc) is 3.04. The number of rotatable bonds is 5. The smallest absolute Gasteiger partial charge is 0.261 e. The number of carbonyl (C=O) groups is 1. The fourth-order valence-corrected chi connectivity index (χ4v) is 5.20. The lowest BCUT2D eigenvalue weighted by Crippen LogP contribution is -2.29. The van der Waals surface area contributed by atoms with Crippen molar-refractivity contribution in [1.29, 1.82) is 0 Å². The number of thiophene rings is 1. The molecule has 1 saturated carbocycles. The molecule has 1 aromatic heterocycles. The maximum Gasteiger partial charge on any atom is 0.261 e. The second-order valence-corrected chi connectivity index (χ2v) is 8.10. The van der Waals surface area contributed by atoms with Crippen molar-refractivity contribution >= 4 is 40.6 Å². The van der Waals surface area contributed by atoms with Crippen molar-refractivity contribution in [1.82, 2.24) is 5.32 Å². The minimum absolute atomic E-state index is 0.102. The molecule has 1 aliphatic carbocycles. The van der Waals surface area contributed by atoms with E-state index in [1.165, 1.54) is 29.0 Å². The van der Waals surface area contributed by atoms with E-state index in [2.05, 4.69) is 11.4 Å². The Balaban J connectivity index is 1.59. The Morgan fingerprint density at radius 2 is 2.32 bits per heavy atom. The van der Waals surface area contributed by atoms with Gasteiger partial charge in [0, 0.05) is 23.1 Å². The normalized spacial score (nSPS) is 19.8. The summed E-state index contributed by atoms with van der Waals surface area (Å²) in [6.07, 6.45) is 4.55. The lowest BCUT2D eigenvalue weighted by atomic mass is 10.0. The van der Waals surface area contributed by atoms with Crippen molar-refractivity contribution in [3.8, 4) is 0 Å². The molecule has 104 valence electrons. The van der Waals surface area contributed by atoms with E-state index in [4.69, 9.17) is 11.6 Å². The first-order chi connectivity index (χ1) is 9.22. The zero-order valence-corrected chi connectivity index (χ0v) is 13.2. The van der Waals surface area contributed by atoms with E-state index in [-0.39, 0.29) is 5.91 Å². The molecule has 0 radical (unpaired) electrons. The van der Waals surface area contributed by atoms with Crippen molar-refractivity contribution < 1.29 is 4.79 Å².